The summed E-state index contributed by atoms with van der Waals surface area (Å²) in [6.07, 6.45) is -4.56. The van der Waals surface area contributed by atoms with Gasteiger partial charge in [-0.3, -0.25) is 10.9 Å². The summed E-state index contributed by atoms with van der Waals surface area (Å²) in [5.74, 6) is 0.196. The first-order valence-electron chi connectivity index (χ1n) is 13.6. The van der Waals surface area contributed by atoms with Crippen LogP contribution in [-0.4, -0.2) is 52.3 Å². The molecule has 0 aliphatic rings. The van der Waals surface area contributed by atoms with Gasteiger partial charge in [0, 0.05) is 11.8 Å². The molecule has 0 unspecified atom stereocenters. The van der Waals surface area contributed by atoms with Crippen LogP contribution in [0.2, 0.25) is 0 Å². The van der Waals surface area contributed by atoms with Crippen molar-refractivity contribution in [2.75, 3.05) is 30.3 Å². The number of hydrazone groups is 2. The highest BCUT2D eigenvalue weighted by Gasteiger charge is 2.30. The average molecular weight is 690 g/mol. The Hall–Kier alpha value is -4.91. The molecule has 13 nitrogen and oxygen atoms in total. The summed E-state index contributed by atoms with van der Waals surface area (Å²) in [5.41, 5.74) is 6.93. The lowest BCUT2D eigenvalue weighted by Gasteiger charge is -2.12. The van der Waals surface area contributed by atoms with Crippen molar-refractivity contribution in [3.05, 3.63) is 95.6 Å². The predicted molar refractivity (Wildman–Crippen MR) is 174 cm³/mol. The van der Waals surface area contributed by atoms with Gasteiger partial charge in [0.05, 0.1) is 26.8 Å². The standard InChI is InChI=1S/C29H30F3N9O4S2/c1-18(20-8-12-24(13-9-20)46(42,43)33-3)38-40-26-17-27(37-28(36-26)35-23-7-5-6-22(16-23)29(30,31)32)41-39-19(2)21-10-14-25(15-11-21)47(44,45)34-4/h5-17,33-34H,1-4H3,(H3,35,36,37,40,41). The van der Waals surface area contributed by atoms with E-state index < -0.39 is 31.8 Å². The molecule has 4 aromatic rings. The topological polar surface area (TPSA) is 179 Å². The van der Waals surface area contributed by atoms with E-state index in [2.05, 4.69) is 45.8 Å². The fourth-order valence-electron chi connectivity index (χ4n) is 3.92. The third kappa shape index (κ3) is 9.09. The Labute approximate surface area is 269 Å². The van der Waals surface area contributed by atoms with E-state index in [9.17, 15) is 30.0 Å². The van der Waals surface area contributed by atoms with Gasteiger partial charge in [-0.15, -0.1) is 0 Å². The Morgan fingerprint density at radius 3 is 1.53 bits per heavy atom. The zero-order valence-electron chi connectivity index (χ0n) is 25.4. The van der Waals surface area contributed by atoms with Gasteiger partial charge in [-0.2, -0.15) is 33.3 Å². The minimum atomic E-state index is -4.56. The van der Waals surface area contributed by atoms with Gasteiger partial charge in [0.1, 0.15) is 0 Å². The molecule has 4 rings (SSSR count). The van der Waals surface area contributed by atoms with Crippen molar-refractivity contribution in [3.63, 3.8) is 0 Å². The number of aromatic nitrogens is 2. The first-order chi connectivity index (χ1) is 22.1. The number of nitrogens with zero attached hydrogens (tertiary/aromatic N) is 4. The fourth-order valence-corrected chi connectivity index (χ4v) is 5.38. The summed E-state index contributed by atoms with van der Waals surface area (Å²) in [7, 11) is -4.61. The largest absolute Gasteiger partial charge is 0.416 e. The van der Waals surface area contributed by atoms with Crippen molar-refractivity contribution >= 4 is 54.7 Å². The van der Waals surface area contributed by atoms with Crippen LogP contribution >= 0.6 is 0 Å². The van der Waals surface area contributed by atoms with Crippen molar-refractivity contribution in [1.29, 1.82) is 0 Å². The highest BCUT2D eigenvalue weighted by Crippen LogP contribution is 2.31. The summed E-state index contributed by atoms with van der Waals surface area (Å²) in [4.78, 5) is 8.78. The van der Waals surface area contributed by atoms with E-state index in [0.717, 1.165) is 12.1 Å². The second-order valence-electron chi connectivity index (χ2n) is 9.75. The number of halogens is 3. The number of nitrogens with one attached hydrogen (secondary N) is 5. The number of hydrogen-bond acceptors (Lipinski definition) is 11. The van der Waals surface area contributed by atoms with Gasteiger partial charge < -0.3 is 5.32 Å². The van der Waals surface area contributed by atoms with E-state index in [-0.39, 0.29) is 33.1 Å². The molecule has 0 amide bonds. The third-order valence-corrected chi connectivity index (χ3v) is 9.41. The monoisotopic (exact) mass is 689 g/mol. The van der Waals surface area contributed by atoms with Gasteiger partial charge >= 0.3 is 6.18 Å². The molecule has 1 heterocycles. The third-order valence-electron chi connectivity index (χ3n) is 6.55. The van der Waals surface area contributed by atoms with E-state index in [4.69, 9.17) is 0 Å². The quantitative estimate of drug-likeness (QED) is 0.104. The molecule has 1 aromatic heterocycles. The van der Waals surface area contributed by atoms with Crippen molar-refractivity contribution < 1.29 is 30.0 Å². The van der Waals surface area contributed by atoms with Gasteiger partial charge in [-0.05, 0) is 81.5 Å². The van der Waals surface area contributed by atoms with Gasteiger partial charge in [0.25, 0.3) is 0 Å². The first kappa shape index (κ1) is 35.0. The maximum absolute atomic E-state index is 13.3. The number of rotatable bonds is 12. The zero-order chi connectivity index (χ0) is 34.4. The lowest BCUT2D eigenvalue weighted by molar-refractivity contribution is -0.137. The van der Waals surface area contributed by atoms with Gasteiger partial charge in [0.2, 0.25) is 26.0 Å². The molecule has 0 radical (unpaired) electrons. The van der Waals surface area contributed by atoms with E-state index in [0.29, 0.717) is 22.6 Å². The number of anilines is 4. The molecular weight excluding hydrogens is 660 g/mol. The van der Waals surface area contributed by atoms with Crippen LogP contribution in [-0.2, 0) is 26.2 Å². The van der Waals surface area contributed by atoms with Crippen LogP contribution in [0.25, 0.3) is 0 Å². The molecular formula is C29H30F3N9O4S2. The SMILES string of the molecule is CNS(=O)(=O)c1ccc(C(C)=NNc2cc(NN=C(C)c3ccc(S(=O)(=O)NC)cc3)nc(Nc3cccc(C(F)(F)F)c3)n2)cc1. The number of sulfonamides is 2. The Morgan fingerprint density at radius 1 is 0.681 bits per heavy atom. The summed E-state index contributed by atoms with van der Waals surface area (Å²) in [5, 5.41) is 11.4. The van der Waals surface area contributed by atoms with Crippen LogP contribution in [0.5, 0.6) is 0 Å². The lowest BCUT2D eigenvalue weighted by atomic mass is 10.1. The smallest absolute Gasteiger partial charge is 0.324 e. The minimum Gasteiger partial charge on any atom is -0.324 e. The Balaban J connectivity index is 1.62. The molecule has 0 saturated heterocycles. The highest BCUT2D eigenvalue weighted by molar-refractivity contribution is 7.89. The van der Waals surface area contributed by atoms with Crippen molar-refractivity contribution in [3.8, 4) is 0 Å². The Morgan fingerprint density at radius 2 is 1.13 bits per heavy atom. The van der Waals surface area contributed by atoms with Gasteiger partial charge in [-0.25, -0.2) is 26.3 Å². The van der Waals surface area contributed by atoms with Crippen molar-refractivity contribution in [2.24, 2.45) is 10.2 Å². The summed E-state index contributed by atoms with van der Waals surface area (Å²) in [6, 6.07) is 18.0. The molecule has 18 heteroatoms. The Kier molecular flexibility index (Phi) is 10.6. The molecule has 0 atom stereocenters. The van der Waals surface area contributed by atoms with E-state index >= 15 is 0 Å². The van der Waals surface area contributed by atoms with Gasteiger partial charge in [0.15, 0.2) is 11.6 Å². The van der Waals surface area contributed by atoms with Crippen LogP contribution in [0.15, 0.2) is 98.9 Å². The average Bonchev–Trinajstić information content (AvgIpc) is 3.06. The molecule has 47 heavy (non-hydrogen) atoms. The maximum atomic E-state index is 13.3. The van der Waals surface area contributed by atoms with Gasteiger partial charge in [-0.1, -0.05) is 30.3 Å². The van der Waals surface area contributed by atoms with Crippen LogP contribution in [0.1, 0.15) is 30.5 Å². The van der Waals surface area contributed by atoms with E-state index in [1.54, 1.807) is 38.1 Å². The first-order valence-corrected chi connectivity index (χ1v) is 16.6. The molecule has 248 valence electrons. The second kappa shape index (κ2) is 14.2. The molecule has 0 saturated carbocycles. The molecule has 5 N–H and O–H groups in total. The van der Waals surface area contributed by atoms with Crippen molar-refractivity contribution in [1.82, 2.24) is 19.4 Å². The highest BCUT2D eigenvalue weighted by atomic mass is 32.2. The van der Waals surface area contributed by atoms with Crippen LogP contribution in [0.4, 0.5) is 36.4 Å². The number of alkyl halides is 3. The summed E-state index contributed by atoms with van der Waals surface area (Å²) in [6.45, 7) is 3.36. The summed E-state index contributed by atoms with van der Waals surface area (Å²) >= 11 is 0. The normalized spacial score (nSPS) is 12.9. The number of benzene rings is 3. The van der Waals surface area contributed by atoms with E-state index in [1.165, 1.54) is 56.6 Å². The lowest BCUT2D eigenvalue weighted by Crippen LogP contribution is -2.18. The second-order valence-corrected chi connectivity index (χ2v) is 13.5. The molecule has 0 aliphatic carbocycles. The predicted octanol–water partition coefficient (Wildman–Crippen LogP) is 4.73. The molecule has 0 aliphatic heterocycles. The zero-order valence-corrected chi connectivity index (χ0v) is 27.0. The molecule has 0 fully saturated rings. The fraction of sp³-hybridized carbons (Fsp3) is 0.172. The molecule has 0 bridgehead atoms. The maximum Gasteiger partial charge on any atom is 0.416 e. The number of hydrogen-bond donors (Lipinski definition) is 5. The van der Waals surface area contributed by atoms with Crippen molar-refractivity contribution in [2.45, 2.75) is 29.8 Å². The van der Waals surface area contributed by atoms with Crippen LogP contribution in [0.3, 0.4) is 0 Å². The molecule has 0 spiro atoms. The summed E-state index contributed by atoms with van der Waals surface area (Å²) < 4.78 is 92.4. The minimum absolute atomic E-state index is 0.0792. The van der Waals surface area contributed by atoms with Crippen LogP contribution < -0.4 is 25.6 Å². The Bertz CT molecular complexity index is 1910. The molecule has 3 aromatic carbocycles. The van der Waals surface area contributed by atoms with E-state index in [1.807, 2.05) is 0 Å². The van der Waals surface area contributed by atoms with Crippen LogP contribution in [0, 0.1) is 0 Å².